The van der Waals surface area contributed by atoms with Crippen molar-refractivity contribution in [1.29, 1.82) is 0 Å². The number of sulfonamides is 1. The summed E-state index contributed by atoms with van der Waals surface area (Å²) in [7, 11) is 0.746. The Morgan fingerprint density at radius 1 is 1.14 bits per heavy atom. The van der Waals surface area contributed by atoms with E-state index in [1.165, 1.54) is 49.0 Å². The maximum atomic E-state index is 12.7. The molecule has 0 fully saturated rings. The van der Waals surface area contributed by atoms with Gasteiger partial charge in [-0.25, -0.2) is 17.7 Å². The molecule has 1 aromatic carbocycles. The highest BCUT2D eigenvalue weighted by Crippen LogP contribution is 2.33. The number of thiazole rings is 1. The number of benzene rings is 1. The molecule has 0 atom stereocenters. The van der Waals surface area contributed by atoms with Crippen molar-refractivity contribution in [2.45, 2.75) is 18.7 Å². The quantitative estimate of drug-likeness (QED) is 0.835. The summed E-state index contributed by atoms with van der Waals surface area (Å²) in [5.41, 5.74) is 0.828. The zero-order chi connectivity index (χ0) is 16.5. The molecular weight excluding hydrogens is 324 g/mol. The van der Waals surface area contributed by atoms with Gasteiger partial charge in [0.25, 0.3) is 10.0 Å². The van der Waals surface area contributed by atoms with Gasteiger partial charge >= 0.3 is 0 Å². The van der Waals surface area contributed by atoms with E-state index >= 15 is 0 Å². The van der Waals surface area contributed by atoms with Crippen molar-refractivity contribution in [3.05, 3.63) is 28.8 Å². The van der Waals surface area contributed by atoms with Gasteiger partial charge in [0.05, 0.1) is 24.8 Å². The van der Waals surface area contributed by atoms with Gasteiger partial charge in [-0.3, -0.25) is 0 Å². The lowest BCUT2D eigenvalue weighted by Gasteiger charge is -2.17. The number of anilines is 1. The highest BCUT2D eigenvalue weighted by molar-refractivity contribution is 7.93. The molecule has 0 saturated heterocycles. The second-order valence-corrected chi connectivity index (χ2v) is 7.78. The molecule has 1 heterocycles. The van der Waals surface area contributed by atoms with Crippen LogP contribution in [-0.4, -0.2) is 34.7 Å². The number of rotatable bonds is 5. The fourth-order valence-corrected chi connectivity index (χ4v) is 4.07. The van der Waals surface area contributed by atoms with Crippen molar-refractivity contribution >= 4 is 26.5 Å². The minimum Gasteiger partial charge on any atom is -0.493 e. The molecule has 2 rings (SSSR count). The maximum Gasteiger partial charge on any atom is 0.265 e. The highest BCUT2D eigenvalue weighted by Gasteiger charge is 2.25. The molecule has 22 heavy (non-hydrogen) atoms. The zero-order valence-electron chi connectivity index (χ0n) is 13.1. The first-order valence-electron chi connectivity index (χ1n) is 6.46. The highest BCUT2D eigenvalue weighted by atomic mass is 32.2. The Hall–Kier alpha value is -1.80. The molecule has 0 amide bonds. The molecule has 0 spiro atoms. The van der Waals surface area contributed by atoms with Gasteiger partial charge < -0.3 is 9.47 Å². The van der Waals surface area contributed by atoms with Crippen LogP contribution in [0.1, 0.15) is 10.6 Å². The van der Waals surface area contributed by atoms with Crippen molar-refractivity contribution < 1.29 is 17.9 Å². The number of aryl methyl sites for hydroxylation is 2. The maximum absolute atomic E-state index is 12.7. The fourth-order valence-electron chi connectivity index (χ4n) is 1.83. The van der Waals surface area contributed by atoms with Crippen molar-refractivity contribution in [3.63, 3.8) is 0 Å². The third-order valence-electron chi connectivity index (χ3n) is 3.30. The van der Waals surface area contributed by atoms with Gasteiger partial charge in [0.1, 0.15) is 0 Å². The van der Waals surface area contributed by atoms with Crippen LogP contribution >= 0.6 is 11.3 Å². The molecule has 0 saturated carbocycles. The molecule has 0 aliphatic carbocycles. The molecule has 0 aliphatic rings. The topological polar surface area (TPSA) is 68.7 Å². The van der Waals surface area contributed by atoms with Gasteiger partial charge in [-0.05, 0) is 26.0 Å². The van der Waals surface area contributed by atoms with E-state index in [0.717, 1.165) is 10.6 Å². The third kappa shape index (κ3) is 2.89. The monoisotopic (exact) mass is 342 g/mol. The first-order chi connectivity index (χ1) is 10.3. The summed E-state index contributed by atoms with van der Waals surface area (Å²) in [6.45, 7) is 3.76. The zero-order valence-corrected chi connectivity index (χ0v) is 14.7. The Morgan fingerprint density at radius 2 is 1.77 bits per heavy atom. The number of aromatic nitrogens is 1. The van der Waals surface area contributed by atoms with E-state index in [9.17, 15) is 8.42 Å². The Morgan fingerprint density at radius 3 is 2.27 bits per heavy atom. The number of hydrogen-bond acceptors (Lipinski definition) is 6. The predicted molar refractivity (Wildman–Crippen MR) is 86.7 cm³/mol. The molecule has 8 heteroatoms. The van der Waals surface area contributed by atoms with Crippen LogP contribution in [0.15, 0.2) is 23.1 Å². The summed E-state index contributed by atoms with van der Waals surface area (Å²) in [6, 6.07) is 4.50. The largest absolute Gasteiger partial charge is 0.493 e. The average Bonchev–Trinajstić information content (AvgIpc) is 2.84. The van der Waals surface area contributed by atoms with Gasteiger partial charge in [0.15, 0.2) is 16.6 Å². The summed E-state index contributed by atoms with van der Waals surface area (Å²) < 4.78 is 36.9. The van der Waals surface area contributed by atoms with Crippen LogP contribution in [0, 0.1) is 13.8 Å². The molecule has 0 N–H and O–H groups in total. The van der Waals surface area contributed by atoms with Crippen LogP contribution in [0.3, 0.4) is 0 Å². The second-order valence-electron chi connectivity index (χ2n) is 4.63. The summed E-state index contributed by atoms with van der Waals surface area (Å²) in [6.07, 6.45) is 0. The SMILES string of the molecule is COc1ccc(S(=O)(=O)N(C)c2nc(C)c(C)s2)cc1OC. The van der Waals surface area contributed by atoms with Gasteiger partial charge in [-0.1, -0.05) is 0 Å². The van der Waals surface area contributed by atoms with E-state index in [2.05, 4.69) is 4.98 Å². The first-order valence-corrected chi connectivity index (χ1v) is 8.72. The standard InChI is InChI=1S/C14H18N2O4S2/c1-9-10(2)21-14(15-9)16(3)22(17,18)11-6-7-12(19-4)13(8-11)20-5/h6-8H,1-5H3. The number of hydrogen-bond donors (Lipinski definition) is 0. The van der Waals surface area contributed by atoms with E-state index in [1.807, 2.05) is 13.8 Å². The van der Waals surface area contributed by atoms with Crippen molar-refractivity contribution in [2.24, 2.45) is 0 Å². The smallest absolute Gasteiger partial charge is 0.265 e. The van der Waals surface area contributed by atoms with Crippen LogP contribution in [0.25, 0.3) is 0 Å². The van der Waals surface area contributed by atoms with Crippen LogP contribution in [0.4, 0.5) is 5.13 Å². The number of ether oxygens (including phenoxy) is 2. The van der Waals surface area contributed by atoms with Gasteiger partial charge in [-0.15, -0.1) is 11.3 Å². The molecular formula is C14H18N2O4S2. The van der Waals surface area contributed by atoms with E-state index in [-0.39, 0.29) is 4.90 Å². The average molecular weight is 342 g/mol. The summed E-state index contributed by atoms with van der Waals surface area (Å²) >= 11 is 1.34. The van der Waals surface area contributed by atoms with E-state index in [4.69, 9.17) is 9.47 Å². The molecule has 1 aromatic heterocycles. The Kier molecular flexibility index (Phi) is 4.62. The second kappa shape index (κ2) is 6.13. The summed E-state index contributed by atoms with van der Waals surface area (Å²) in [5, 5.41) is 0.435. The summed E-state index contributed by atoms with van der Waals surface area (Å²) in [4.78, 5) is 5.40. The molecule has 0 bridgehead atoms. The lowest BCUT2D eigenvalue weighted by molar-refractivity contribution is 0.354. The Balaban J connectivity index is 2.45. The molecule has 0 aliphatic heterocycles. The molecule has 6 nitrogen and oxygen atoms in total. The van der Waals surface area contributed by atoms with E-state index in [1.54, 1.807) is 6.07 Å². The summed E-state index contributed by atoms with van der Waals surface area (Å²) in [5.74, 6) is 0.841. The lowest BCUT2D eigenvalue weighted by atomic mass is 10.3. The van der Waals surface area contributed by atoms with Crippen LogP contribution in [0.2, 0.25) is 0 Å². The van der Waals surface area contributed by atoms with Crippen LogP contribution in [0.5, 0.6) is 11.5 Å². The van der Waals surface area contributed by atoms with Gasteiger partial charge in [-0.2, -0.15) is 0 Å². The fraction of sp³-hybridized carbons (Fsp3) is 0.357. The molecule has 0 radical (unpaired) electrons. The van der Waals surface area contributed by atoms with Crippen molar-refractivity contribution in [3.8, 4) is 11.5 Å². The van der Waals surface area contributed by atoms with Gasteiger partial charge in [0.2, 0.25) is 0 Å². The van der Waals surface area contributed by atoms with Crippen molar-refractivity contribution in [2.75, 3.05) is 25.6 Å². The van der Waals surface area contributed by atoms with Crippen LogP contribution < -0.4 is 13.8 Å². The normalized spacial score (nSPS) is 11.3. The Bertz CT molecular complexity index is 765. The lowest BCUT2D eigenvalue weighted by Crippen LogP contribution is -2.26. The molecule has 0 unspecified atom stereocenters. The van der Waals surface area contributed by atoms with E-state index in [0.29, 0.717) is 16.6 Å². The minimum atomic E-state index is -3.71. The Labute approximate surface area is 134 Å². The number of nitrogens with zero attached hydrogens (tertiary/aromatic N) is 2. The number of methoxy groups -OCH3 is 2. The first kappa shape index (κ1) is 16.6. The van der Waals surface area contributed by atoms with Crippen LogP contribution in [-0.2, 0) is 10.0 Å². The van der Waals surface area contributed by atoms with Crippen molar-refractivity contribution in [1.82, 2.24) is 4.98 Å². The van der Waals surface area contributed by atoms with Gasteiger partial charge in [0, 0.05) is 18.0 Å². The third-order valence-corrected chi connectivity index (χ3v) is 6.31. The van der Waals surface area contributed by atoms with E-state index < -0.39 is 10.0 Å². The predicted octanol–water partition coefficient (Wildman–Crippen LogP) is 2.60. The molecule has 2 aromatic rings. The minimum absolute atomic E-state index is 0.123. The molecule has 120 valence electrons.